The first-order valence-corrected chi connectivity index (χ1v) is 11.9. The number of imidazole rings is 1. The number of fused-ring (bicyclic) bond motifs is 1. The van der Waals surface area contributed by atoms with E-state index in [2.05, 4.69) is 25.8 Å². The fourth-order valence-electron chi connectivity index (χ4n) is 3.94. The highest BCUT2D eigenvalue weighted by Crippen LogP contribution is 2.39. The summed E-state index contributed by atoms with van der Waals surface area (Å²) in [6, 6.07) is 11.4. The smallest absolute Gasteiger partial charge is 0.358 e. The molecule has 10 nitrogen and oxygen atoms in total. The fraction of sp³-hybridized carbons (Fsp3) is 0.320. The molecule has 2 fully saturated rings. The number of nitrogens with one attached hydrogen (secondary N) is 3. The molecule has 1 amide bonds. The van der Waals surface area contributed by atoms with E-state index in [4.69, 9.17) is 9.72 Å². The lowest BCUT2D eigenvalue weighted by Gasteiger charge is -2.09. The summed E-state index contributed by atoms with van der Waals surface area (Å²) < 4.78 is 6.83. The minimum atomic E-state index is -0.495. The predicted molar refractivity (Wildman–Crippen MR) is 129 cm³/mol. The van der Waals surface area contributed by atoms with Crippen LogP contribution in [0, 0.1) is 0 Å². The number of esters is 1. The number of carbonyl (C=O) groups excluding carboxylic acids is 2. The number of hydrogen-bond donors (Lipinski definition) is 3. The Morgan fingerprint density at radius 1 is 1.11 bits per heavy atom. The van der Waals surface area contributed by atoms with Crippen molar-refractivity contribution < 1.29 is 14.3 Å². The van der Waals surface area contributed by atoms with Gasteiger partial charge in [0.05, 0.1) is 12.3 Å². The number of carbonyl (C=O) groups is 2. The minimum Gasteiger partial charge on any atom is -0.461 e. The Balaban J connectivity index is 1.35. The van der Waals surface area contributed by atoms with Crippen LogP contribution in [0.15, 0.2) is 42.6 Å². The minimum absolute atomic E-state index is 0.0675. The molecule has 0 saturated heterocycles. The van der Waals surface area contributed by atoms with Gasteiger partial charge in [0, 0.05) is 47.1 Å². The highest BCUT2D eigenvalue weighted by atomic mass is 16.5. The molecule has 6 rings (SSSR count). The predicted octanol–water partition coefficient (Wildman–Crippen LogP) is 3.81. The SMILES string of the molecule is CCOC(=O)c1cn2c(Nc3cc(C4CC4)[nH]n3)nc(-c3ccc(C(=O)NC4CC4)cc3)cc2n1. The zero-order valence-corrected chi connectivity index (χ0v) is 19.2. The lowest BCUT2D eigenvalue weighted by molar-refractivity contribution is 0.0520. The zero-order chi connectivity index (χ0) is 23.9. The second-order valence-corrected chi connectivity index (χ2v) is 8.97. The molecule has 10 heteroatoms. The van der Waals surface area contributed by atoms with Crippen molar-refractivity contribution in [2.75, 3.05) is 11.9 Å². The Kier molecular flexibility index (Phi) is 5.20. The van der Waals surface area contributed by atoms with E-state index in [1.165, 1.54) is 12.8 Å². The van der Waals surface area contributed by atoms with Gasteiger partial charge in [-0.1, -0.05) is 12.1 Å². The number of aromatic amines is 1. The van der Waals surface area contributed by atoms with Crippen LogP contribution in [0.25, 0.3) is 16.9 Å². The van der Waals surface area contributed by atoms with E-state index < -0.39 is 5.97 Å². The first-order chi connectivity index (χ1) is 17.1. The number of hydrogen-bond acceptors (Lipinski definition) is 7. The van der Waals surface area contributed by atoms with Gasteiger partial charge in [-0.2, -0.15) is 5.10 Å². The van der Waals surface area contributed by atoms with Crippen LogP contribution in [0.1, 0.15) is 65.1 Å². The molecule has 35 heavy (non-hydrogen) atoms. The van der Waals surface area contributed by atoms with Crippen LogP contribution in [-0.4, -0.2) is 49.1 Å². The third-order valence-electron chi connectivity index (χ3n) is 6.15. The molecule has 2 aliphatic rings. The Bertz CT molecular complexity index is 1410. The van der Waals surface area contributed by atoms with Crippen molar-refractivity contribution in [3.63, 3.8) is 0 Å². The Morgan fingerprint density at radius 3 is 2.63 bits per heavy atom. The van der Waals surface area contributed by atoms with E-state index in [9.17, 15) is 9.59 Å². The van der Waals surface area contributed by atoms with Crippen LogP contribution >= 0.6 is 0 Å². The molecule has 2 aliphatic carbocycles. The van der Waals surface area contributed by atoms with Crippen LogP contribution < -0.4 is 10.6 Å². The molecular formula is C25H25N7O3. The number of anilines is 2. The standard InChI is InChI=1S/C25H25N7O3/c1-2-35-24(34)20-13-32-22(27-20)12-18(14-5-7-16(8-6-14)23(33)26-17-9-10-17)28-25(32)29-21-11-19(30-31-21)15-3-4-15/h5-8,11-13,15,17H,2-4,9-10H2,1H3,(H,26,33)(H2,28,29,30,31). The van der Waals surface area contributed by atoms with Crippen molar-refractivity contribution >= 4 is 29.3 Å². The Hall–Kier alpha value is -4.21. The Labute approximate surface area is 201 Å². The highest BCUT2D eigenvalue weighted by molar-refractivity contribution is 5.95. The van der Waals surface area contributed by atoms with Gasteiger partial charge in [0.15, 0.2) is 11.5 Å². The summed E-state index contributed by atoms with van der Waals surface area (Å²) in [7, 11) is 0. The van der Waals surface area contributed by atoms with Crippen LogP contribution in [0.5, 0.6) is 0 Å². The summed E-state index contributed by atoms with van der Waals surface area (Å²) in [5.74, 6) is 1.07. The molecule has 0 aliphatic heterocycles. The van der Waals surface area contributed by atoms with Crippen molar-refractivity contribution in [3.8, 4) is 11.3 Å². The molecular weight excluding hydrogens is 446 g/mol. The summed E-state index contributed by atoms with van der Waals surface area (Å²) >= 11 is 0. The molecule has 2 saturated carbocycles. The molecule has 0 unspecified atom stereocenters. The maximum absolute atomic E-state index is 12.3. The topological polar surface area (TPSA) is 126 Å². The second kappa shape index (κ2) is 8.53. The van der Waals surface area contributed by atoms with Crippen LogP contribution in [0.4, 0.5) is 11.8 Å². The van der Waals surface area contributed by atoms with Gasteiger partial charge in [-0.05, 0) is 44.7 Å². The normalized spacial score (nSPS) is 15.2. The van der Waals surface area contributed by atoms with Crippen LogP contribution in [-0.2, 0) is 4.74 Å². The summed E-state index contributed by atoms with van der Waals surface area (Å²) in [4.78, 5) is 33.9. The summed E-state index contributed by atoms with van der Waals surface area (Å²) in [6.45, 7) is 2.02. The summed E-state index contributed by atoms with van der Waals surface area (Å²) in [5.41, 5.74) is 3.90. The van der Waals surface area contributed by atoms with Gasteiger partial charge in [-0.15, -0.1) is 0 Å². The highest BCUT2D eigenvalue weighted by Gasteiger charge is 2.26. The van der Waals surface area contributed by atoms with Crippen molar-refractivity contribution in [3.05, 3.63) is 59.5 Å². The van der Waals surface area contributed by atoms with Crippen molar-refractivity contribution in [1.29, 1.82) is 0 Å². The molecule has 4 aromatic rings. The number of H-pyrrole nitrogens is 1. The molecule has 0 bridgehead atoms. The average molecular weight is 472 g/mol. The third kappa shape index (κ3) is 4.46. The van der Waals surface area contributed by atoms with Gasteiger partial charge in [-0.25, -0.2) is 14.8 Å². The van der Waals surface area contributed by atoms with E-state index in [0.717, 1.165) is 24.1 Å². The number of amides is 1. The maximum Gasteiger partial charge on any atom is 0.358 e. The van der Waals surface area contributed by atoms with Gasteiger partial charge in [0.2, 0.25) is 5.95 Å². The van der Waals surface area contributed by atoms with Gasteiger partial charge in [0.25, 0.3) is 5.91 Å². The number of aromatic nitrogens is 5. The van der Waals surface area contributed by atoms with E-state index >= 15 is 0 Å². The molecule has 0 spiro atoms. The van der Waals surface area contributed by atoms with E-state index in [0.29, 0.717) is 40.6 Å². The van der Waals surface area contributed by atoms with Crippen LogP contribution in [0.2, 0.25) is 0 Å². The summed E-state index contributed by atoms with van der Waals surface area (Å²) in [5, 5.41) is 13.7. The maximum atomic E-state index is 12.3. The quantitative estimate of drug-likeness (QED) is 0.334. The molecule has 1 aromatic carbocycles. The first-order valence-electron chi connectivity index (χ1n) is 11.9. The molecule has 178 valence electrons. The molecule has 0 radical (unpaired) electrons. The van der Waals surface area contributed by atoms with Gasteiger partial charge in [0.1, 0.15) is 5.65 Å². The number of ether oxygens (including phenoxy) is 1. The fourth-order valence-corrected chi connectivity index (χ4v) is 3.94. The van der Waals surface area contributed by atoms with Gasteiger partial charge < -0.3 is 15.4 Å². The zero-order valence-electron chi connectivity index (χ0n) is 19.2. The summed E-state index contributed by atoms with van der Waals surface area (Å²) in [6.07, 6.45) is 6.02. The molecule has 3 N–H and O–H groups in total. The third-order valence-corrected chi connectivity index (χ3v) is 6.15. The largest absolute Gasteiger partial charge is 0.461 e. The number of nitrogens with zero attached hydrogens (tertiary/aromatic N) is 4. The lowest BCUT2D eigenvalue weighted by atomic mass is 10.1. The number of benzene rings is 1. The van der Waals surface area contributed by atoms with E-state index in [1.54, 1.807) is 35.7 Å². The monoisotopic (exact) mass is 471 g/mol. The van der Waals surface area contributed by atoms with E-state index in [-0.39, 0.29) is 18.2 Å². The Morgan fingerprint density at radius 2 is 1.91 bits per heavy atom. The van der Waals surface area contributed by atoms with Gasteiger partial charge >= 0.3 is 5.97 Å². The number of rotatable bonds is 8. The average Bonchev–Trinajstić information content (AvgIpc) is 3.79. The van der Waals surface area contributed by atoms with Crippen molar-refractivity contribution in [1.82, 2.24) is 29.9 Å². The molecule has 3 aromatic heterocycles. The lowest BCUT2D eigenvalue weighted by Crippen LogP contribution is -2.25. The van der Waals surface area contributed by atoms with Crippen molar-refractivity contribution in [2.24, 2.45) is 0 Å². The van der Waals surface area contributed by atoms with Gasteiger partial charge in [-0.3, -0.25) is 14.3 Å². The molecule has 0 atom stereocenters. The van der Waals surface area contributed by atoms with Crippen LogP contribution in [0.3, 0.4) is 0 Å². The first kappa shape index (κ1) is 21.3. The van der Waals surface area contributed by atoms with E-state index in [1.807, 2.05) is 18.2 Å². The van der Waals surface area contributed by atoms with Crippen molar-refractivity contribution in [2.45, 2.75) is 44.6 Å². The second-order valence-electron chi connectivity index (χ2n) is 8.97. The molecule has 3 heterocycles.